The smallest absolute Gasteiger partial charge is 0.254 e. The molecule has 0 unspecified atom stereocenters. The minimum Gasteiger partial charge on any atom is -0.350 e. The first-order valence-corrected chi connectivity index (χ1v) is 5.67. The molecule has 94 valence electrons. The van der Waals surface area contributed by atoms with Gasteiger partial charge < -0.3 is 9.88 Å². The third-order valence-corrected chi connectivity index (χ3v) is 2.58. The molecule has 0 aliphatic heterocycles. The summed E-state index contributed by atoms with van der Waals surface area (Å²) in [6.07, 6.45) is 5.14. The van der Waals surface area contributed by atoms with Crippen LogP contribution in [0.1, 0.15) is 15.9 Å². The zero-order chi connectivity index (χ0) is 13.0. The zero-order valence-electron chi connectivity index (χ0n) is 10.1. The summed E-state index contributed by atoms with van der Waals surface area (Å²) >= 11 is 0. The van der Waals surface area contributed by atoms with E-state index in [1.54, 1.807) is 30.9 Å². The lowest BCUT2D eigenvalue weighted by Gasteiger charge is -2.07. The van der Waals surface area contributed by atoms with Crippen LogP contribution < -0.4 is 5.32 Å². The molecule has 0 saturated heterocycles. The fourth-order valence-corrected chi connectivity index (χ4v) is 1.63. The van der Waals surface area contributed by atoms with Gasteiger partial charge in [-0.05, 0) is 19.1 Å². The number of halogens is 1. The Labute approximate surface area is 104 Å². The number of rotatable bonds is 4. The first kappa shape index (κ1) is 12.3. The van der Waals surface area contributed by atoms with Crippen molar-refractivity contribution in [3.05, 3.63) is 53.9 Å². The molecule has 0 fully saturated rings. The van der Waals surface area contributed by atoms with Gasteiger partial charge >= 0.3 is 0 Å². The first-order valence-electron chi connectivity index (χ1n) is 5.67. The van der Waals surface area contributed by atoms with Gasteiger partial charge in [-0.1, -0.05) is 11.6 Å². The molecule has 2 rings (SSSR count). The van der Waals surface area contributed by atoms with Crippen molar-refractivity contribution in [3.63, 3.8) is 0 Å². The van der Waals surface area contributed by atoms with Crippen LogP contribution in [0.2, 0.25) is 0 Å². The van der Waals surface area contributed by atoms with Gasteiger partial charge in [0.15, 0.2) is 0 Å². The minimum absolute atomic E-state index is 0.0839. The van der Waals surface area contributed by atoms with Crippen molar-refractivity contribution in [2.75, 3.05) is 6.54 Å². The molecule has 2 aromatic rings. The van der Waals surface area contributed by atoms with Gasteiger partial charge in [-0.15, -0.1) is 0 Å². The van der Waals surface area contributed by atoms with E-state index in [4.69, 9.17) is 0 Å². The Morgan fingerprint density at radius 3 is 3.06 bits per heavy atom. The number of aromatic nitrogens is 2. The number of hydrogen-bond acceptors (Lipinski definition) is 2. The summed E-state index contributed by atoms with van der Waals surface area (Å²) in [7, 11) is 0. The topological polar surface area (TPSA) is 46.9 Å². The maximum atomic E-state index is 13.4. The van der Waals surface area contributed by atoms with Crippen LogP contribution in [0.15, 0.2) is 36.9 Å². The van der Waals surface area contributed by atoms with E-state index in [9.17, 15) is 9.18 Å². The number of nitrogens with zero attached hydrogens (tertiary/aromatic N) is 2. The van der Waals surface area contributed by atoms with Crippen LogP contribution in [0.4, 0.5) is 4.39 Å². The molecule has 1 N–H and O–H groups in total. The van der Waals surface area contributed by atoms with Crippen molar-refractivity contribution < 1.29 is 9.18 Å². The number of imidazole rings is 1. The fraction of sp³-hybridized carbons (Fsp3) is 0.231. The fourth-order valence-electron chi connectivity index (χ4n) is 1.63. The minimum atomic E-state index is -0.499. The van der Waals surface area contributed by atoms with Crippen molar-refractivity contribution in [1.29, 1.82) is 0 Å². The van der Waals surface area contributed by atoms with Gasteiger partial charge in [-0.25, -0.2) is 9.37 Å². The Hall–Kier alpha value is -2.17. The van der Waals surface area contributed by atoms with Crippen LogP contribution in [-0.2, 0) is 6.54 Å². The van der Waals surface area contributed by atoms with Gasteiger partial charge in [0.05, 0.1) is 11.9 Å². The molecule has 0 atom stereocenters. The van der Waals surface area contributed by atoms with E-state index >= 15 is 0 Å². The van der Waals surface area contributed by atoms with Crippen LogP contribution >= 0.6 is 0 Å². The standard InChI is InChI=1S/C13H14FN3O/c1-10-2-3-12(14)11(8-10)13(18)16-5-7-17-6-4-15-9-17/h2-4,6,8-9H,5,7H2,1H3,(H,16,18). The molecule has 0 saturated carbocycles. The Balaban J connectivity index is 1.93. The first-order chi connectivity index (χ1) is 8.66. The number of hydrogen-bond donors (Lipinski definition) is 1. The predicted octanol–water partition coefficient (Wildman–Crippen LogP) is 1.76. The summed E-state index contributed by atoms with van der Waals surface area (Å²) in [5.74, 6) is -0.892. The predicted molar refractivity (Wildman–Crippen MR) is 65.7 cm³/mol. The highest BCUT2D eigenvalue weighted by Gasteiger charge is 2.10. The molecule has 0 spiro atoms. The molecule has 0 aliphatic carbocycles. The van der Waals surface area contributed by atoms with E-state index in [2.05, 4.69) is 10.3 Å². The molecule has 0 radical (unpaired) electrons. The SMILES string of the molecule is Cc1ccc(F)c(C(=O)NCCn2ccnc2)c1. The van der Waals surface area contributed by atoms with Crippen molar-refractivity contribution >= 4 is 5.91 Å². The summed E-state index contributed by atoms with van der Waals surface area (Å²) < 4.78 is 15.3. The van der Waals surface area contributed by atoms with Crippen LogP contribution in [0.3, 0.4) is 0 Å². The second-order valence-electron chi connectivity index (χ2n) is 4.04. The van der Waals surface area contributed by atoms with E-state index in [1.165, 1.54) is 6.07 Å². The normalized spacial score (nSPS) is 10.3. The quantitative estimate of drug-likeness (QED) is 0.894. The molecule has 0 aliphatic rings. The van der Waals surface area contributed by atoms with Crippen LogP contribution in [0, 0.1) is 12.7 Å². The van der Waals surface area contributed by atoms with Crippen molar-refractivity contribution in [2.45, 2.75) is 13.5 Å². The summed E-state index contributed by atoms with van der Waals surface area (Å²) in [5, 5.41) is 2.68. The lowest BCUT2D eigenvalue weighted by molar-refractivity contribution is 0.0948. The highest BCUT2D eigenvalue weighted by atomic mass is 19.1. The number of benzene rings is 1. The Morgan fingerprint density at radius 2 is 2.33 bits per heavy atom. The van der Waals surface area contributed by atoms with Crippen LogP contribution in [-0.4, -0.2) is 22.0 Å². The lowest BCUT2D eigenvalue weighted by Crippen LogP contribution is -2.27. The Morgan fingerprint density at radius 1 is 1.50 bits per heavy atom. The maximum absolute atomic E-state index is 13.4. The molecule has 0 bridgehead atoms. The van der Waals surface area contributed by atoms with Gasteiger partial charge in [0, 0.05) is 25.5 Å². The van der Waals surface area contributed by atoms with Gasteiger partial charge in [0.1, 0.15) is 5.82 Å². The van der Waals surface area contributed by atoms with Crippen molar-refractivity contribution in [3.8, 4) is 0 Å². The second kappa shape index (κ2) is 5.44. The van der Waals surface area contributed by atoms with Crippen LogP contribution in [0.5, 0.6) is 0 Å². The number of aryl methyl sites for hydroxylation is 1. The third kappa shape index (κ3) is 2.94. The third-order valence-electron chi connectivity index (χ3n) is 2.58. The van der Waals surface area contributed by atoms with Crippen molar-refractivity contribution in [2.24, 2.45) is 0 Å². The molecule has 1 amide bonds. The average Bonchev–Trinajstić information content (AvgIpc) is 2.85. The molecule has 1 heterocycles. The average molecular weight is 247 g/mol. The van der Waals surface area contributed by atoms with E-state index in [-0.39, 0.29) is 5.56 Å². The summed E-state index contributed by atoms with van der Waals surface area (Å²) in [6.45, 7) is 2.86. The summed E-state index contributed by atoms with van der Waals surface area (Å²) in [6, 6.07) is 4.49. The number of amides is 1. The summed E-state index contributed by atoms with van der Waals surface area (Å²) in [4.78, 5) is 15.7. The second-order valence-corrected chi connectivity index (χ2v) is 4.04. The molecular formula is C13H14FN3O. The molecule has 1 aromatic carbocycles. The number of carbonyl (C=O) groups is 1. The molecule has 1 aromatic heterocycles. The highest BCUT2D eigenvalue weighted by Crippen LogP contribution is 2.09. The van der Waals surface area contributed by atoms with E-state index < -0.39 is 11.7 Å². The highest BCUT2D eigenvalue weighted by molar-refractivity contribution is 5.94. The summed E-state index contributed by atoms with van der Waals surface area (Å²) in [5.41, 5.74) is 0.941. The molecule has 4 nitrogen and oxygen atoms in total. The van der Waals surface area contributed by atoms with Gasteiger partial charge in [-0.3, -0.25) is 4.79 Å². The van der Waals surface area contributed by atoms with Crippen molar-refractivity contribution in [1.82, 2.24) is 14.9 Å². The zero-order valence-corrected chi connectivity index (χ0v) is 10.1. The molecule has 18 heavy (non-hydrogen) atoms. The van der Waals surface area contributed by atoms with Gasteiger partial charge in [-0.2, -0.15) is 0 Å². The maximum Gasteiger partial charge on any atom is 0.254 e. The Bertz CT molecular complexity index is 537. The molecular weight excluding hydrogens is 233 g/mol. The van der Waals surface area contributed by atoms with Crippen LogP contribution in [0.25, 0.3) is 0 Å². The van der Waals surface area contributed by atoms with E-state index in [1.807, 2.05) is 11.5 Å². The molecule has 5 heteroatoms. The largest absolute Gasteiger partial charge is 0.350 e. The number of nitrogens with one attached hydrogen (secondary N) is 1. The number of carbonyl (C=O) groups excluding carboxylic acids is 1. The Kier molecular flexibility index (Phi) is 3.72. The van der Waals surface area contributed by atoms with Gasteiger partial charge in [0.25, 0.3) is 5.91 Å². The van der Waals surface area contributed by atoms with E-state index in [0.29, 0.717) is 13.1 Å². The lowest BCUT2D eigenvalue weighted by atomic mass is 10.1. The monoisotopic (exact) mass is 247 g/mol. The van der Waals surface area contributed by atoms with E-state index in [0.717, 1.165) is 5.56 Å². The van der Waals surface area contributed by atoms with Gasteiger partial charge in [0.2, 0.25) is 0 Å².